The SMILES string of the molecule is COc1ccc(C2=N/C(=C/c3cccc(C#N)c3)C(=O)O2)cc1OC. The van der Waals surface area contributed by atoms with Gasteiger partial charge in [-0.25, -0.2) is 9.79 Å². The van der Waals surface area contributed by atoms with Crippen molar-refractivity contribution in [2.75, 3.05) is 14.2 Å². The monoisotopic (exact) mass is 334 g/mol. The minimum Gasteiger partial charge on any atom is -0.493 e. The summed E-state index contributed by atoms with van der Waals surface area (Å²) in [6, 6.07) is 14.1. The van der Waals surface area contributed by atoms with Crippen LogP contribution in [-0.2, 0) is 9.53 Å². The number of hydrogen-bond donors (Lipinski definition) is 0. The first kappa shape index (κ1) is 16.3. The van der Waals surface area contributed by atoms with Gasteiger partial charge in [0.1, 0.15) is 0 Å². The molecule has 0 spiro atoms. The molecule has 0 aliphatic carbocycles. The van der Waals surface area contributed by atoms with Gasteiger partial charge < -0.3 is 14.2 Å². The molecule has 2 aromatic carbocycles. The van der Waals surface area contributed by atoms with E-state index in [0.29, 0.717) is 28.2 Å². The first-order chi connectivity index (χ1) is 12.1. The number of cyclic esters (lactones) is 1. The molecule has 6 heteroatoms. The highest BCUT2D eigenvalue weighted by molar-refractivity contribution is 6.13. The number of carbonyl (C=O) groups excluding carboxylic acids is 1. The van der Waals surface area contributed by atoms with Gasteiger partial charge in [0, 0.05) is 5.56 Å². The molecule has 0 amide bonds. The first-order valence-electron chi connectivity index (χ1n) is 7.39. The molecule has 25 heavy (non-hydrogen) atoms. The lowest BCUT2D eigenvalue weighted by Gasteiger charge is -2.08. The van der Waals surface area contributed by atoms with Crippen molar-refractivity contribution in [3.8, 4) is 17.6 Å². The maximum absolute atomic E-state index is 12.1. The number of carbonyl (C=O) groups is 1. The highest BCUT2D eigenvalue weighted by atomic mass is 16.6. The normalized spacial score (nSPS) is 14.7. The topological polar surface area (TPSA) is 80.9 Å². The van der Waals surface area contributed by atoms with E-state index in [1.165, 1.54) is 7.11 Å². The van der Waals surface area contributed by atoms with Crippen molar-refractivity contribution in [1.29, 1.82) is 5.26 Å². The molecular weight excluding hydrogens is 320 g/mol. The zero-order chi connectivity index (χ0) is 17.8. The molecule has 0 fully saturated rings. The van der Waals surface area contributed by atoms with Gasteiger partial charge in [-0.05, 0) is 42.0 Å². The Morgan fingerprint density at radius 3 is 2.64 bits per heavy atom. The summed E-state index contributed by atoms with van der Waals surface area (Å²) in [5, 5.41) is 8.95. The van der Waals surface area contributed by atoms with E-state index in [1.807, 2.05) is 0 Å². The third kappa shape index (κ3) is 3.35. The standard InChI is InChI=1S/C19H14N2O4/c1-23-16-7-6-14(10-17(16)24-2)18-21-15(19(22)25-18)9-12-4-3-5-13(8-12)11-20/h3-10H,1-2H3/b15-9+. The second kappa shape index (κ2) is 6.89. The first-order valence-corrected chi connectivity index (χ1v) is 7.39. The van der Waals surface area contributed by atoms with Gasteiger partial charge in [-0.3, -0.25) is 0 Å². The fraction of sp³-hybridized carbons (Fsp3) is 0.105. The Hall–Kier alpha value is -3.59. The number of hydrogen-bond acceptors (Lipinski definition) is 6. The summed E-state index contributed by atoms with van der Waals surface area (Å²) in [5.41, 5.74) is 1.97. The Morgan fingerprint density at radius 2 is 1.92 bits per heavy atom. The smallest absolute Gasteiger partial charge is 0.363 e. The number of nitriles is 1. The maximum atomic E-state index is 12.1. The molecule has 0 N–H and O–H groups in total. The molecule has 0 saturated carbocycles. The molecule has 6 nitrogen and oxygen atoms in total. The van der Waals surface area contributed by atoms with Crippen molar-refractivity contribution in [3.63, 3.8) is 0 Å². The molecule has 0 radical (unpaired) electrons. The van der Waals surface area contributed by atoms with Gasteiger partial charge in [-0.1, -0.05) is 12.1 Å². The van der Waals surface area contributed by atoms with Gasteiger partial charge in [0.05, 0.1) is 25.9 Å². The van der Waals surface area contributed by atoms with E-state index >= 15 is 0 Å². The van der Waals surface area contributed by atoms with E-state index in [1.54, 1.807) is 55.7 Å². The van der Waals surface area contributed by atoms with E-state index in [-0.39, 0.29) is 11.6 Å². The number of rotatable bonds is 4. The lowest BCUT2D eigenvalue weighted by molar-refractivity contribution is -0.129. The van der Waals surface area contributed by atoms with Crippen LogP contribution in [0.3, 0.4) is 0 Å². The van der Waals surface area contributed by atoms with Crippen molar-refractivity contribution in [2.45, 2.75) is 0 Å². The summed E-state index contributed by atoms with van der Waals surface area (Å²) in [6.07, 6.45) is 1.58. The Labute approximate surface area is 144 Å². The predicted molar refractivity (Wildman–Crippen MR) is 91.3 cm³/mol. The summed E-state index contributed by atoms with van der Waals surface area (Å²) in [6.45, 7) is 0. The van der Waals surface area contributed by atoms with Crippen LogP contribution in [0.15, 0.2) is 53.2 Å². The number of benzene rings is 2. The van der Waals surface area contributed by atoms with Crippen LogP contribution in [0.4, 0.5) is 0 Å². The van der Waals surface area contributed by atoms with Crippen molar-refractivity contribution >= 4 is 17.9 Å². The third-order valence-corrected chi connectivity index (χ3v) is 3.57. The van der Waals surface area contributed by atoms with Crippen LogP contribution in [0.2, 0.25) is 0 Å². The van der Waals surface area contributed by atoms with Crippen LogP contribution in [0.5, 0.6) is 11.5 Å². The summed E-state index contributed by atoms with van der Waals surface area (Å²) in [7, 11) is 3.07. The van der Waals surface area contributed by atoms with Crippen molar-refractivity contribution < 1.29 is 19.0 Å². The van der Waals surface area contributed by atoms with Crippen LogP contribution in [0, 0.1) is 11.3 Å². The number of nitrogens with zero attached hydrogens (tertiary/aromatic N) is 2. The van der Waals surface area contributed by atoms with E-state index in [2.05, 4.69) is 11.1 Å². The van der Waals surface area contributed by atoms with E-state index in [0.717, 1.165) is 0 Å². The summed E-state index contributed by atoms with van der Waals surface area (Å²) in [5.74, 6) is 0.721. The molecule has 1 heterocycles. The average Bonchev–Trinajstić information content (AvgIpc) is 3.01. The Morgan fingerprint density at radius 1 is 1.12 bits per heavy atom. The second-order valence-electron chi connectivity index (χ2n) is 5.14. The van der Waals surface area contributed by atoms with E-state index in [4.69, 9.17) is 19.5 Å². The highest BCUT2D eigenvalue weighted by Gasteiger charge is 2.25. The molecule has 2 aromatic rings. The fourth-order valence-corrected chi connectivity index (χ4v) is 2.36. The summed E-state index contributed by atoms with van der Waals surface area (Å²) in [4.78, 5) is 16.3. The molecule has 1 aliphatic rings. The molecule has 0 atom stereocenters. The number of aliphatic imine (C=N–C) groups is 1. The van der Waals surface area contributed by atoms with Crippen LogP contribution in [0.25, 0.3) is 6.08 Å². The van der Waals surface area contributed by atoms with Crippen LogP contribution in [0.1, 0.15) is 16.7 Å². The largest absolute Gasteiger partial charge is 0.493 e. The van der Waals surface area contributed by atoms with Crippen LogP contribution < -0.4 is 9.47 Å². The number of esters is 1. The molecule has 0 aromatic heterocycles. The van der Waals surface area contributed by atoms with Crippen molar-refractivity contribution in [2.24, 2.45) is 4.99 Å². The fourth-order valence-electron chi connectivity index (χ4n) is 2.36. The lowest BCUT2D eigenvalue weighted by atomic mass is 10.1. The van der Waals surface area contributed by atoms with Crippen molar-refractivity contribution in [3.05, 3.63) is 64.9 Å². The van der Waals surface area contributed by atoms with Gasteiger partial charge in [0.25, 0.3) is 0 Å². The van der Waals surface area contributed by atoms with Gasteiger partial charge >= 0.3 is 5.97 Å². The van der Waals surface area contributed by atoms with Gasteiger partial charge in [0.2, 0.25) is 5.90 Å². The quantitative estimate of drug-likeness (QED) is 0.634. The molecule has 0 saturated heterocycles. The lowest BCUT2D eigenvalue weighted by Crippen LogP contribution is -2.06. The zero-order valence-electron chi connectivity index (χ0n) is 13.6. The summed E-state index contributed by atoms with van der Waals surface area (Å²) >= 11 is 0. The minimum absolute atomic E-state index is 0.167. The highest BCUT2D eigenvalue weighted by Crippen LogP contribution is 2.29. The van der Waals surface area contributed by atoms with Crippen LogP contribution in [-0.4, -0.2) is 26.1 Å². The Balaban J connectivity index is 1.95. The van der Waals surface area contributed by atoms with E-state index < -0.39 is 5.97 Å². The third-order valence-electron chi connectivity index (χ3n) is 3.57. The zero-order valence-corrected chi connectivity index (χ0v) is 13.6. The molecule has 1 aliphatic heterocycles. The minimum atomic E-state index is -0.549. The van der Waals surface area contributed by atoms with Crippen molar-refractivity contribution in [1.82, 2.24) is 0 Å². The summed E-state index contributed by atoms with van der Waals surface area (Å²) < 4.78 is 15.7. The molecule has 124 valence electrons. The number of ether oxygens (including phenoxy) is 3. The van der Waals surface area contributed by atoms with Gasteiger partial charge in [-0.15, -0.1) is 0 Å². The van der Waals surface area contributed by atoms with Gasteiger partial charge in [-0.2, -0.15) is 5.26 Å². The predicted octanol–water partition coefficient (Wildman–Crippen LogP) is 2.92. The molecule has 3 rings (SSSR count). The van der Waals surface area contributed by atoms with Crippen LogP contribution >= 0.6 is 0 Å². The molecule has 0 unspecified atom stereocenters. The maximum Gasteiger partial charge on any atom is 0.363 e. The molecular formula is C19H14N2O4. The Kier molecular flexibility index (Phi) is 4.48. The number of methoxy groups -OCH3 is 2. The Bertz CT molecular complexity index is 939. The van der Waals surface area contributed by atoms with E-state index in [9.17, 15) is 4.79 Å². The second-order valence-corrected chi connectivity index (χ2v) is 5.14. The van der Waals surface area contributed by atoms with Gasteiger partial charge in [0.15, 0.2) is 17.2 Å². The average molecular weight is 334 g/mol. The molecule has 0 bridgehead atoms.